The summed E-state index contributed by atoms with van der Waals surface area (Å²) in [5.74, 6) is 1.26. The molecule has 0 saturated carbocycles. The zero-order valence-electron chi connectivity index (χ0n) is 12.2. The van der Waals surface area contributed by atoms with Gasteiger partial charge in [-0.3, -0.25) is 4.79 Å². The van der Waals surface area contributed by atoms with E-state index in [1.807, 2.05) is 11.1 Å². The maximum absolute atomic E-state index is 11.8. The van der Waals surface area contributed by atoms with Crippen molar-refractivity contribution in [3.8, 4) is 0 Å². The Morgan fingerprint density at radius 3 is 2.55 bits per heavy atom. The van der Waals surface area contributed by atoms with Crippen LogP contribution in [0.2, 0.25) is 0 Å². The van der Waals surface area contributed by atoms with Crippen LogP contribution < -0.4 is 4.90 Å². The van der Waals surface area contributed by atoms with Gasteiger partial charge in [-0.1, -0.05) is 6.07 Å². The molecule has 2 aliphatic heterocycles. The summed E-state index contributed by atoms with van der Waals surface area (Å²) < 4.78 is 0. The molecule has 2 aliphatic rings. The van der Waals surface area contributed by atoms with Gasteiger partial charge in [0.2, 0.25) is 5.91 Å². The van der Waals surface area contributed by atoms with Crippen LogP contribution in [0.4, 0.5) is 5.82 Å². The predicted octanol–water partition coefficient (Wildman–Crippen LogP) is 2.76. The first-order chi connectivity index (χ1) is 9.75. The molecule has 1 aromatic rings. The van der Waals surface area contributed by atoms with Crippen LogP contribution in [0.25, 0.3) is 0 Å². The fourth-order valence-corrected chi connectivity index (χ4v) is 3.38. The van der Waals surface area contributed by atoms with Gasteiger partial charge >= 0.3 is 0 Å². The van der Waals surface area contributed by atoms with Crippen LogP contribution in [-0.4, -0.2) is 35.4 Å². The summed E-state index contributed by atoms with van der Waals surface area (Å²) >= 11 is 0. The van der Waals surface area contributed by atoms with E-state index < -0.39 is 0 Å². The van der Waals surface area contributed by atoms with Crippen molar-refractivity contribution in [1.29, 1.82) is 0 Å². The second-order valence-electron chi connectivity index (χ2n) is 5.87. The fraction of sp³-hybridized carbons (Fsp3) is 0.625. The molecule has 1 unspecified atom stereocenters. The molecular weight excluding hydrogens is 250 g/mol. The third kappa shape index (κ3) is 2.65. The van der Waals surface area contributed by atoms with Crippen molar-refractivity contribution in [2.75, 3.05) is 24.5 Å². The van der Waals surface area contributed by atoms with Crippen molar-refractivity contribution in [3.05, 3.63) is 23.9 Å². The molecule has 108 valence electrons. The topological polar surface area (TPSA) is 36.4 Å². The second kappa shape index (κ2) is 5.81. The Labute approximate surface area is 120 Å². The number of carbonyl (C=O) groups excluding carboxylic acids is 1. The first kappa shape index (κ1) is 13.4. The summed E-state index contributed by atoms with van der Waals surface area (Å²) in [6, 6.07) is 4.50. The Kier molecular flexibility index (Phi) is 3.90. The highest BCUT2D eigenvalue weighted by Gasteiger charge is 2.26. The second-order valence-corrected chi connectivity index (χ2v) is 5.87. The number of anilines is 1. The van der Waals surface area contributed by atoms with E-state index in [2.05, 4.69) is 22.0 Å². The molecule has 0 spiro atoms. The normalized spacial score (nSPS) is 23.1. The summed E-state index contributed by atoms with van der Waals surface area (Å²) in [5.41, 5.74) is 1.18. The van der Waals surface area contributed by atoms with Crippen molar-refractivity contribution < 1.29 is 4.79 Å². The first-order valence-corrected chi connectivity index (χ1v) is 7.74. The van der Waals surface area contributed by atoms with Crippen LogP contribution in [0.1, 0.15) is 50.6 Å². The molecule has 0 N–H and O–H groups in total. The van der Waals surface area contributed by atoms with E-state index >= 15 is 0 Å². The average Bonchev–Trinajstić information content (AvgIpc) is 3.02. The highest BCUT2D eigenvalue weighted by atomic mass is 16.2. The zero-order chi connectivity index (χ0) is 13.9. The van der Waals surface area contributed by atoms with Crippen molar-refractivity contribution in [2.24, 2.45) is 0 Å². The van der Waals surface area contributed by atoms with Gasteiger partial charge in [0.1, 0.15) is 5.82 Å². The highest BCUT2D eigenvalue weighted by molar-refractivity contribution is 5.74. The van der Waals surface area contributed by atoms with E-state index in [0.29, 0.717) is 0 Å². The summed E-state index contributed by atoms with van der Waals surface area (Å²) in [7, 11) is 0. The molecule has 3 rings (SSSR count). The molecule has 3 heterocycles. The summed E-state index contributed by atoms with van der Waals surface area (Å²) in [5, 5.41) is 0. The number of aromatic nitrogens is 1. The van der Waals surface area contributed by atoms with Crippen molar-refractivity contribution in [2.45, 2.75) is 45.1 Å². The lowest BCUT2D eigenvalue weighted by atomic mass is 9.96. The molecule has 0 radical (unpaired) electrons. The molecule has 0 aliphatic carbocycles. The number of piperidine rings is 1. The summed E-state index contributed by atoms with van der Waals surface area (Å²) in [6.07, 6.45) is 7.88. The third-order valence-electron chi connectivity index (χ3n) is 4.49. The van der Waals surface area contributed by atoms with Gasteiger partial charge in [0.25, 0.3) is 0 Å². The van der Waals surface area contributed by atoms with E-state index in [1.54, 1.807) is 6.92 Å². The summed E-state index contributed by atoms with van der Waals surface area (Å²) in [6.45, 7) is 4.79. The molecule has 2 saturated heterocycles. The maximum Gasteiger partial charge on any atom is 0.219 e. The van der Waals surface area contributed by atoms with Gasteiger partial charge in [-0.25, -0.2) is 4.98 Å². The van der Waals surface area contributed by atoms with Crippen LogP contribution in [-0.2, 0) is 4.79 Å². The minimum Gasteiger partial charge on any atom is -0.357 e. The Balaban J connectivity index is 1.77. The number of hydrogen-bond acceptors (Lipinski definition) is 3. The standard InChI is InChI=1S/C16H23N3O/c1-13(20)19-11-3-2-6-15(19)14-7-8-16(17-12-14)18-9-4-5-10-18/h7-8,12,15H,2-6,9-11H2,1H3. The molecule has 2 fully saturated rings. The number of nitrogens with zero attached hydrogens (tertiary/aromatic N) is 3. The monoisotopic (exact) mass is 273 g/mol. The Bertz CT molecular complexity index is 465. The Morgan fingerprint density at radius 1 is 1.15 bits per heavy atom. The lowest BCUT2D eigenvalue weighted by molar-refractivity contribution is -0.132. The molecule has 1 amide bonds. The molecule has 20 heavy (non-hydrogen) atoms. The number of hydrogen-bond donors (Lipinski definition) is 0. The van der Waals surface area contributed by atoms with Crippen LogP contribution in [0.15, 0.2) is 18.3 Å². The SMILES string of the molecule is CC(=O)N1CCCCC1c1ccc(N2CCCC2)nc1. The molecule has 1 aromatic heterocycles. The maximum atomic E-state index is 11.8. The number of amides is 1. The van der Waals surface area contributed by atoms with Gasteiger partial charge in [-0.2, -0.15) is 0 Å². The van der Waals surface area contributed by atoms with Crippen LogP contribution in [0, 0.1) is 0 Å². The van der Waals surface area contributed by atoms with Crippen LogP contribution in [0.3, 0.4) is 0 Å². The largest absolute Gasteiger partial charge is 0.357 e. The molecule has 0 aromatic carbocycles. The number of carbonyl (C=O) groups is 1. The number of likely N-dealkylation sites (tertiary alicyclic amines) is 1. The third-order valence-corrected chi connectivity index (χ3v) is 4.49. The summed E-state index contributed by atoms with van der Waals surface area (Å²) in [4.78, 5) is 20.7. The number of rotatable bonds is 2. The molecule has 4 nitrogen and oxygen atoms in total. The lowest BCUT2D eigenvalue weighted by Gasteiger charge is -2.35. The van der Waals surface area contributed by atoms with Crippen molar-refractivity contribution in [1.82, 2.24) is 9.88 Å². The van der Waals surface area contributed by atoms with Crippen molar-refractivity contribution >= 4 is 11.7 Å². The number of pyridine rings is 1. The van der Waals surface area contributed by atoms with Gasteiger partial charge in [0.05, 0.1) is 6.04 Å². The molecular formula is C16H23N3O. The van der Waals surface area contributed by atoms with Gasteiger partial charge < -0.3 is 9.80 Å². The molecule has 1 atom stereocenters. The highest BCUT2D eigenvalue weighted by Crippen LogP contribution is 2.31. The van der Waals surface area contributed by atoms with E-state index in [0.717, 1.165) is 38.3 Å². The van der Waals surface area contributed by atoms with E-state index in [-0.39, 0.29) is 11.9 Å². The first-order valence-electron chi connectivity index (χ1n) is 7.74. The van der Waals surface area contributed by atoms with E-state index in [4.69, 9.17) is 0 Å². The minimum atomic E-state index is 0.179. The van der Waals surface area contributed by atoms with E-state index in [1.165, 1.54) is 24.8 Å². The van der Waals surface area contributed by atoms with Gasteiger partial charge in [-0.05, 0) is 43.7 Å². The lowest BCUT2D eigenvalue weighted by Crippen LogP contribution is -2.37. The van der Waals surface area contributed by atoms with Gasteiger partial charge in [-0.15, -0.1) is 0 Å². The Morgan fingerprint density at radius 2 is 1.90 bits per heavy atom. The van der Waals surface area contributed by atoms with Crippen molar-refractivity contribution in [3.63, 3.8) is 0 Å². The average molecular weight is 273 g/mol. The van der Waals surface area contributed by atoms with Gasteiger partial charge in [0, 0.05) is 32.8 Å². The van der Waals surface area contributed by atoms with Gasteiger partial charge in [0.15, 0.2) is 0 Å². The van der Waals surface area contributed by atoms with Crippen LogP contribution in [0.5, 0.6) is 0 Å². The fourth-order valence-electron chi connectivity index (χ4n) is 3.38. The molecule has 0 bridgehead atoms. The minimum absolute atomic E-state index is 0.179. The molecule has 4 heteroatoms. The van der Waals surface area contributed by atoms with E-state index in [9.17, 15) is 4.79 Å². The quantitative estimate of drug-likeness (QED) is 0.831. The Hall–Kier alpha value is -1.58. The zero-order valence-corrected chi connectivity index (χ0v) is 12.2. The smallest absolute Gasteiger partial charge is 0.219 e. The predicted molar refractivity (Wildman–Crippen MR) is 79.7 cm³/mol. The van der Waals surface area contributed by atoms with Crippen LogP contribution >= 0.6 is 0 Å².